The van der Waals surface area contributed by atoms with Gasteiger partial charge < -0.3 is 25.2 Å². The quantitative estimate of drug-likeness (QED) is 0.426. The Morgan fingerprint density at radius 1 is 1.17 bits per heavy atom. The number of guanidine groups is 1. The lowest BCUT2D eigenvalue weighted by molar-refractivity contribution is -0.121. The molecule has 2 N–H and O–H groups in total. The monoisotopic (exact) mass is 413 g/mol. The summed E-state index contributed by atoms with van der Waals surface area (Å²) in [5.41, 5.74) is 0.866. The molecule has 2 fully saturated rings. The topological polar surface area (TPSA) is 69.2 Å². The van der Waals surface area contributed by atoms with Gasteiger partial charge in [0.1, 0.15) is 5.75 Å². The van der Waals surface area contributed by atoms with Crippen LogP contribution in [0.2, 0.25) is 0 Å². The van der Waals surface area contributed by atoms with Crippen LogP contribution in [0.15, 0.2) is 29.3 Å². The van der Waals surface area contributed by atoms with E-state index in [2.05, 4.69) is 20.5 Å². The first-order chi connectivity index (χ1) is 14.7. The predicted molar refractivity (Wildman–Crippen MR) is 120 cm³/mol. The third kappa shape index (κ3) is 5.06. The lowest BCUT2D eigenvalue weighted by Gasteiger charge is -2.36. The fourth-order valence-corrected chi connectivity index (χ4v) is 4.91. The van der Waals surface area contributed by atoms with E-state index in [4.69, 9.17) is 4.74 Å². The van der Waals surface area contributed by atoms with E-state index in [9.17, 15) is 4.79 Å². The Morgan fingerprint density at radius 3 is 2.70 bits per heavy atom. The van der Waals surface area contributed by atoms with Crippen molar-refractivity contribution in [2.75, 3.05) is 44.7 Å². The summed E-state index contributed by atoms with van der Waals surface area (Å²) in [4.78, 5) is 21.2. The lowest BCUT2D eigenvalue weighted by Crippen LogP contribution is -2.50. The summed E-state index contributed by atoms with van der Waals surface area (Å²) in [6, 6.07) is 9.05. The average molecular weight is 414 g/mol. The van der Waals surface area contributed by atoms with Gasteiger partial charge in [0, 0.05) is 45.3 Å². The molecule has 3 aliphatic rings. The van der Waals surface area contributed by atoms with Crippen molar-refractivity contribution < 1.29 is 9.53 Å². The van der Waals surface area contributed by atoms with Gasteiger partial charge in [-0.25, -0.2) is 0 Å². The molecule has 1 saturated carbocycles. The molecule has 0 bridgehead atoms. The molecular weight excluding hydrogens is 378 g/mol. The van der Waals surface area contributed by atoms with Crippen LogP contribution >= 0.6 is 0 Å². The largest absolute Gasteiger partial charge is 0.482 e. The minimum absolute atomic E-state index is 0.0187. The first kappa shape index (κ1) is 21.0. The van der Waals surface area contributed by atoms with E-state index >= 15 is 0 Å². The number of benzene rings is 1. The molecule has 0 radical (unpaired) electrons. The smallest absolute Gasteiger partial charge is 0.265 e. The highest BCUT2D eigenvalue weighted by atomic mass is 16.5. The van der Waals surface area contributed by atoms with Crippen molar-refractivity contribution >= 4 is 17.6 Å². The van der Waals surface area contributed by atoms with E-state index in [1.54, 1.807) is 0 Å². The van der Waals surface area contributed by atoms with Crippen molar-refractivity contribution in [3.8, 4) is 5.75 Å². The molecule has 2 aliphatic heterocycles. The van der Waals surface area contributed by atoms with Crippen molar-refractivity contribution in [1.82, 2.24) is 15.5 Å². The number of hydrogen-bond acceptors (Lipinski definition) is 4. The Bertz CT molecular complexity index is 739. The van der Waals surface area contributed by atoms with Gasteiger partial charge in [-0.3, -0.25) is 9.79 Å². The van der Waals surface area contributed by atoms with Crippen molar-refractivity contribution in [3.05, 3.63) is 24.3 Å². The zero-order valence-electron chi connectivity index (χ0n) is 18.1. The number of para-hydroxylation sites is 2. The van der Waals surface area contributed by atoms with E-state index in [0.717, 1.165) is 36.4 Å². The highest BCUT2D eigenvalue weighted by Crippen LogP contribution is 2.31. The Balaban J connectivity index is 1.18. The Kier molecular flexibility index (Phi) is 7.10. The number of rotatable bonds is 6. The molecular formula is C23H35N5O2. The van der Waals surface area contributed by atoms with Gasteiger partial charge in [-0.15, -0.1) is 0 Å². The fourth-order valence-electron chi connectivity index (χ4n) is 4.91. The molecule has 0 spiro atoms. The van der Waals surface area contributed by atoms with Crippen LogP contribution in [-0.2, 0) is 4.79 Å². The highest BCUT2D eigenvalue weighted by molar-refractivity contribution is 5.97. The first-order valence-corrected chi connectivity index (χ1v) is 11.5. The van der Waals surface area contributed by atoms with Crippen LogP contribution in [0.4, 0.5) is 5.69 Å². The van der Waals surface area contributed by atoms with Crippen molar-refractivity contribution in [3.63, 3.8) is 0 Å². The van der Waals surface area contributed by atoms with Crippen LogP contribution in [0.5, 0.6) is 5.75 Å². The summed E-state index contributed by atoms with van der Waals surface area (Å²) in [5, 5.41) is 7.01. The van der Waals surface area contributed by atoms with Gasteiger partial charge >= 0.3 is 0 Å². The second-order valence-electron chi connectivity index (χ2n) is 8.55. The number of nitrogens with one attached hydrogen (secondary N) is 2. The van der Waals surface area contributed by atoms with E-state index in [0.29, 0.717) is 12.6 Å². The Morgan fingerprint density at radius 2 is 1.93 bits per heavy atom. The van der Waals surface area contributed by atoms with Crippen molar-refractivity contribution in [1.29, 1.82) is 0 Å². The normalized spacial score (nSPS) is 21.4. The highest BCUT2D eigenvalue weighted by Gasteiger charge is 2.27. The third-order valence-electron chi connectivity index (χ3n) is 6.59. The van der Waals surface area contributed by atoms with Crippen LogP contribution in [-0.4, -0.2) is 68.7 Å². The zero-order chi connectivity index (χ0) is 20.8. The maximum atomic E-state index is 12.3. The molecule has 4 rings (SSSR count). The summed E-state index contributed by atoms with van der Waals surface area (Å²) in [6.07, 6.45) is 8.78. The second kappa shape index (κ2) is 10.2. The lowest BCUT2D eigenvalue weighted by atomic mass is 10.0. The number of aliphatic imine (C=N–C) groups is 1. The van der Waals surface area contributed by atoms with Crippen LogP contribution in [0.3, 0.4) is 0 Å². The molecule has 1 saturated heterocycles. The maximum Gasteiger partial charge on any atom is 0.265 e. The number of anilines is 1. The number of fused-ring (bicyclic) bond motifs is 1. The van der Waals surface area contributed by atoms with Crippen LogP contribution < -0.4 is 20.3 Å². The molecule has 2 heterocycles. The molecule has 1 aliphatic carbocycles. The number of piperidine rings is 1. The second-order valence-corrected chi connectivity index (χ2v) is 8.55. The molecule has 164 valence electrons. The molecule has 0 aromatic heterocycles. The number of ether oxygens (including phenoxy) is 1. The van der Waals surface area contributed by atoms with Crippen LogP contribution in [0, 0.1) is 0 Å². The van der Waals surface area contributed by atoms with Crippen molar-refractivity contribution in [2.24, 2.45) is 4.99 Å². The first-order valence-electron chi connectivity index (χ1n) is 11.5. The standard InChI is InChI=1S/C23H35N5O2/c1-24-23(26-18-11-15-27(16-12-18)19-7-2-3-8-19)25-13-6-14-28-20-9-4-5-10-21(20)30-17-22(28)29/h4-5,9-10,18-19H,2-3,6-8,11-17H2,1H3,(H2,24,25,26). The number of hydrogen-bond donors (Lipinski definition) is 2. The van der Waals surface area contributed by atoms with E-state index < -0.39 is 0 Å². The summed E-state index contributed by atoms with van der Waals surface area (Å²) < 4.78 is 5.51. The molecule has 0 atom stereocenters. The number of nitrogens with zero attached hydrogens (tertiary/aromatic N) is 3. The minimum atomic E-state index is 0.0187. The molecule has 1 aromatic carbocycles. The Hall–Kier alpha value is -2.28. The molecule has 1 amide bonds. The van der Waals surface area contributed by atoms with Gasteiger partial charge in [0.15, 0.2) is 12.6 Å². The molecule has 7 nitrogen and oxygen atoms in total. The van der Waals surface area contributed by atoms with Gasteiger partial charge in [0.2, 0.25) is 0 Å². The molecule has 1 aromatic rings. The Labute approximate surface area is 179 Å². The predicted octanol–water partition coefficient (Wildman–Crippen LogP) is 2.37. The van der Waals surface area contributed by atoms with E-state index in [1.165, 1.54) is 51.6 Å². The van der Waals surface area contributed by atoms with Gasteiger partial charge in [-0.1, -0.05) is 25.0 Å². The summed E-state index contributed by atoms with van der Waals surface area (Å²) >= 11 is 0. The summed E-state index contributed by atoms with van der Waals surface area (Å²) in [6.45, 7) is 3.94. The zero-order valence-corrected chi connectivity index (χ0v) is 18.1. The van der Waals surface area contributed by atoms with Crippen LogP contribution in [0.25, 0.3) is 0 Å². The molecule has 30 heavy (non-hydrogen) atoms. The summed E-state index contributed by atoms with van der Waals surface area (Å²) in [7, 11) is 1.82. The number of amides is 1. The third-order valence-corrected chi connectivity index (χ3v) is 6.59. The number of carbonyl (C=O) groups is 1. The van der Waals surface area contributed by atoms with E-state index in [-0.39, 0.29) is 12.5 Å². The van der Waals surface area contributed by atoms with Crippen molar-refractivity contribution in [2.45, 2.75) is 57.0 Å². The fraction of sp³-hybridized carbons (Fsp3) is 0.652. The van der Waals surface area contributed by atoms with Gasteiger partial charge in [0.05, 0.1) is 5.69 Å². The summed E-state index contributed by atoms with van der Waals surface area (Å²) in [5.74, 6) is 1.67. The van der Waals surface area contributed by atoms with Gasteiger partial charge in [0.25, 0.3) is 5.91 Å². The SMILES string of the molecule is CN=C(NCCCN1C(=O)COc2ccccc21)NC1CCN(C2CCCC2)CC1. The number of carbonyl (C=O) groups excluding carboxylic acids is 1. The number of likely N-dealkylation sites (tertiary alicyclic amines) is 1. The average Bonchev–Trinajstić information content (AvgIpc) is 3.32. The van der Waals surface area contributed by atoms with Crippen LogP contribution in [0.1, 0.15) is 44.9 Å². The molecule has 0 unspecified atom stereocenters. The molecule has 7 heteroatoms. The van der Waals surface area contributed by atoms with Gasteiger partial charge in [-0.2, -0.15) is 0 Å². The minimum Gasteiger partial charge on any atom is -0.482 e. The van der Waals surface area contributed by atoms with E-state index in [1.807, 2.05) is 36.2 Å². The van der Waals surface area contributed by atoms with Gasteiger partial charge in [-0.05, 0) is 44.2 Å². The maximum absolute atomic E-state index is 12.3.